The maximum absolute atomic E-state index is 11.7. The van der Waals surface area contributed by atoms with E-state index in [-0.39, 0.29) is 19.0 Å². The van der Waals surface area contributed by atoms with Gasteiger partial charge in [-0.2, -0.15) is 13.2 Å². The predicted octanol–water partition coefficient (Wildman–Crippen LogP) is -0.790. The number of alkyl halides is 3. The van der Waals surface area contributed by atoms with Crippen molar-refractivity contribution in [3.63, 3.8) is 0 Å². The number of amides is 1. The summed E-state index contributed by atoms with van der Waals surface area (Å²) >= 11 is 0. The fourth-order valence-electron chi connectivity index (χ4n) is 0.764. The van der Waals surface area contributed by atoms with Crippen molar-refractivity contribution < 1.29 is 18.0 Å². The first-order valence-electron chi connectivity index (χ1n) is 3.36. The third-order valence-electron chi connectivity index (χ3n) is 1.37. The van der Waals surface area contributed by atoms with Crippen LogP contribution in [0.4, 0.5) is 13.2 Å². The van der Waals surface area contributed by atoms with Crippen LogP contribution in [0.5, 0.6) is 0 Å². The first kappa shape index (κ1) is 9.62. The van der Waals surface area contributed by atoms with Crippen molar-refractivity contribution in [2.75, 3.05) is 13.1 Å². The van der Waals surface area contributed by atoms with Crippen LogP contribution in [-0.4, -0.2) is 36.1 Å². The van der Waals surface area contributed by atoms with E-state index >= 15 is 0 Å². The minimum Gasteiger partial charge on any atom is -0.368 e. The second-order valence-corrected chi connectivity index (χ2v) is 2.33. The molecule has 74 valence electrons. The molecule has 3 N–H and O–H groups in total. The van der Waals surface area contributed by atoms with E-state index in [0.717, 1.165) is 5.01 Å². The van der Waals surface area contributed by atoms with Crippen LogP contribution in [0.15, 0.2) is 4.99 Å². The second-order valence-electron chi connectivity index (χ2n) is 2.33. The number of nitrogens with zero attached hydrogens (tertiary/aromatic N) is 2. The topological polar surface area (TPSA) is 70.7 Å². The number of carbonyl (C=O) groups is 1. The zero-order chi connectivity index (χ0) is 10.1. The van der Waals surface area contributed by atoms with Gasteiger partial charge in [-0.25, -0.2) is 4.99 Å². The summed E-state index contributed by atoms with van der Waals surface area (Å²) in [6, 6.07) is 0. The van der Waals surface area contributed by atoms with Gasteiger partial charge < -0.3 is 5.73 Å². The number of hydrogen-bond donors (Lipinski definition) is 2. The van der Waals surface area contributed by atoms with Crippen molar-refractivity contribution in [2.45, 2.75) is 6.18 Å². The maximum atomic E-state index is 11.7. The van der Waals surface area contributed by atoms with E-state index in [2.05, 4.69) is 4.99 Å². The van der Waals surface area contributed by atoms with E-state index in [9.17, 15) is 18.0 Å². The number of nitrogens with one attached hydrogen (secondary N) is 1. The van der Waals surface area contributed by atoms with Crippen molar-refractivity contribution in [1.82, 2.24) is 10.4 Å². The predicted molar refractivity (Wildman–Crippen MR) is 37.4 cm³/mol. The Morgan fingerprint density at radius 1 is 1.62 bits per heavy atom. The maximum Gasteiger partial charge on any atom is 0.472 e. The van der Waals surface area contributed by atoms with Crippen LogP contribution in [0.1, 0.15) is 0 Å². The Hall–Kier alpha value is -1.47. The molecule has 13 heavy (non-hydrogen) atoms. The van der Waals surface area contributed by atoms with Crippen LogP contribution in [0, 0.1) is 0 Å². The molecular formula is C5H7F3N4O. The average Bonchev–Trinajstić information content (AvgIpc) is 2.34. The zero-order valence-corrected chi connectivity index (χ0v) is 6.43. The summed E-state index contributed by atoms with van der Waals surface area (Å²) in [5.74, 6) is -2.16. The van der Waals surface area contributed by atoms with Gasteiger partial charge in [-0.05, 0) is 0 Å². The molecule has 5 nitrogen and oxygen atoms in total. The van der Waals surface area contributed by atoms with Gasteiger partial charge in [0.2, 0.25) is 5.96 Å². The lowest BCUT2D eigenvalue weighted by molar-refractivity contribution is -0.177. The lowest BCUT2D eigenvalue weighted by atomic mass is 10.6. The summed E-state index contributed by atoms with van der Waals surface area (Å²) in [4.78, 5) is 14.0. The highest BCUT2D eigenvalue weighted by atomic mass is 19.4. The van der Waals surface area contributed by atoms with Crippen molar-refractivity contribution in [3.8, 4) is 0 Å². The van der Waals surface area contributed by atoms with Crippen LogP contribution in [0.25, 0.3) is 0 Å². The van der Waals surface area contributed by atoms with Gasteiger partial charge >= 0.3 is 12.1 Å². The minimum atomic E-state index is -4.90. The van der Waals surface area contributed by atoms with Crippen LogP contribution in [0.2, 0.25) is 0 Å². The summed E-state index contributed by atoms with van der Waals surface area (Å²) in [5, 5.41) is 0.857. The van der Waals surface area contributed by atoms with E-state index in [4.69, 9.17) is 5.73 Å². The quantitative estimate of drug-likeness (QED) is 0.577. The number of carbonyl (C=O) groups excluding carboxylic acids is 1. The van der Waals surface area contributed by atoms with E-state index in [1.807, 2.05) is 0 Å². The third-order valence-corrected chi connectivity index (χ3v) is 1.37. The van der Waals surface area contributed by atoms with Gasteiger partial charge in [0.25, 0.3) is 0 Å². The molecule has 0 spiro atoms. The highest BCUT2D eigenvalue weighted by molar-refractivity contribution is 5.86. The molecule has 1 aliphatic heterocycles. The van der Waals surface area contributed by atoms with Crippen molar-refractivity contribution in [1.29, 1.82) is 0 Å². The Bertz CT molecular complexity index is 249. The fourth-order valence-corrected chi connectivity index (χ4v) is 0.764. The number of hydrogen-bond acceptors (Lipinski definition) is 4. The van der Waals surface area contributed by atoms with Crippen LogP contribution in [-0.2, 0) is 4.79 Å². The Morgan fingerprint density at radius 3 is 2.62 bits per heavy atom. The normalized spacial score (nSPS) is 17.2. The summed E-state index contributed by atoms with van der Waals surface area (Å²) < 4.78 is 35.1. The molecule has 1 aliphatic rings. The SMILES string of the molecule is NC1=NCCN1NC(=O)C(F)(F)F. The molecule has 0 unspecified atom stereocenters. The van der Waals surface area contributed by atoms with E-state index < -0.39 is 12.1 Å². The van der Waals surface area contributed by atoms with Crippen LogP contribution < -0.4 is 11.2 Å². The van der Waals surface area contributed by atoms with Crippen molar-refractivity contribution >= 4 is 11.9 Å². The fraction of sp³-hybridized carbons (Fsp3) is 0.600. The summed E-state index contributed by atoms with van der Waals surface area (Å²) in [6.07, 6.45) is -4.90. The van der Waals surface area contributed by atoms with Gasteiger partial charge in [-0.15, -0.1) is 0 Å². The molecule has 1 rings (SSSR count). The smallest absolute Gasteiger partial charge is 0.368 e. The van der Waals surface area contributed by atoms with Gasteiger partial charge in [0.15, 0.2) is 0 Å². The van der Waals surface area contributed by atoms with Crippen molar-refractivity contribution in [3.05, 3.63) is 0 Å². The Balaban J connectivity index is 2.51. The molecule has 0 aromatic rings. The number of aliphatic imine (C=N–C) groups is 1. The van der Waals surface area contributed by atoms with E-state index in [1.165, 1.54) is 0 Å². The molecule has 0 aromatic heterocycles. The summed E-state index contributed by atoms with van der Waals surface area (Å²) in [5.41, 5.74) is 6.75. The Labute approximate surface area is 71.4 Å². The Kier molecular flexibility index (Phi) is 2.30. The number of halogens is 3. The molecule has 1 amide bonds. The molecule has 0 aromatic carbocycles. The van der Waals surface area contributed by atoms with Gasteiger partial charge in [-0.3, -0.25) is 15.2 Å². The standard InChI is InChI=1S/C5H7F3N4O/c6-5(7,8)3(13)11-12-2-1-10-4(12)9/h1-2H2,(H2,9,10)(H,11,13). The number of guanidine groups is 1. The summed E-state index contributed by atoms with van der Waals surface area (Å²) in [7, 11) is 0. The molecular weight excluding hydrogens is 189 g/mol. The number of hydrazine groups is 1. The molecule has 0 saturated heterocycles. The van der Waals surface area contributed by atoms with Crippen LogP contribution >= 0.6 is 0 Å². The molecule has 1 heterocycles. The minimum absolute atomic E-state index is 0.113. The highest BCUT2D eigenvalue weighted by Gasteiger charge is 2.40. The molecule has 0 fully saturated rings. The second kappa shape index (κ2) is 3.11. The van der Waals surface area contributed by atoms with Crippen LogP contribution in [0.3, 0.4) is 0 Å². The molecule has 0 bridgehead atoms. The first-order chi connectivity index (χ1) is 5.91. The van der Waals surface area contributed by atoms with Gasteiger partial charge in [0, 0.05) is 0 Å². The van der Waals surface area contributed by atoms with Gasteiger partial charge in [-0.1, -0.05) is 0 Å². The monoisotopic (exact) mass is 196 g/mol. The zero-order valence-electron chi connectivity index (χ0n) is 6.43. The molecule has 0 radical (unpaired) electrons. The highest BCUT2D eigenvalue weighted by Crippen LogP contribution is 2.14. The van der Waals surface area contributed by atoms with Gasteiger partial charge in [0.1, 0.15) is 0 Å². The molecule has 0 aliphatic carbocycles. The molecule has 0 atom stereocenters. The molecule has 0 saturated carbocycles. The molecule has 8 heteroatoms. The Morgan fingerprint density at radius 2 is 2.23 bits per heavy atom. The number of rotatable bonds is 1. The van der Waals surface area contributed by atoms with Gasteiger partial charge in [0.05, 0.1) is 13.1 Å². The number of nitrogens with two attached hydrogens (primary N) is 1. The van der Waals surface area contributed by atoms with E-state index in [0.29, 0.717) is 0 Å². The first-order valence-corrected chi connectivity index (χ1v) is 3.36. The lowest BCUT2D eigenvalue weighted by Crippen LogP contribution is -2.51. The van der Waals surface area contributed by atoms with E-state index in [1.54, 1.807) is 5.43 Å². The largest absolute Gasteiger partial charge is 0.472 e. The van der Waals surface area contributed by atoms with Crippen molar-refractivity contribution in [2.24, 2.45) is 10.7 Å². The summed E-state index contributed by atoms with van der Waals surface area (Å²) in [6.45, 7) is 0.442. The third kappa shape index (κ3) is 2.23. The lowest BCUT2D eigenvalue weighted by Gasteiger charge is -2.18. The average molecular weight is 196 g/mol.